The first-order valence-corrected chi connectivity index (χ1v) is 4.78. The van der Waals surface area contributed by atoms with E-state index >= 15 is 0 Å². The minimum atomic E-state index is 0.524. The molecule has 1 aromatic rings. The lowest BCUT2D eigenvalue weighted by molar-refractivity contribution is -0.107. The molecule has 0 fully saturated rings. The maximum atomic E-state index is 10.3. The summed E-state index contributed by atoms with van der Waals surface area (Å²) in [6.45, 7) is 2.09. The Morgan fingerprint density at radius 2 is 2.17 bits per heavy atom. The summed E-state index contributed by atoms with van der Waals surface area (Å²) in [5.74, 6) is 0. The van der Waals surface area contributed by atoms with Crippen molar-refractivity contribution in [3.63, 3.8) is 0 Å². The van der Waals surface area contributed by atoms with Gasteiger partial charge < -0.3 is 4.79 Å². The first kappa shape index (κ1) is 9.46. The minimum Gasteiger partial charge on any atom is -0.303 e. The summed E-state index contributed by atoms with van der Waals surface area (Å²) in [5.41, 5.74) is 2.38. The van der Waals surface area contributed by atoms with Crippen LogP contribution < -0.4 is 0 Å². The number of rotatable bonds is 3. The summed E-state index contributed by atoms with van der Waals surface area (Å²) in [7, 11) is 0. The van der Waals surface area contributed by atoms with Crippen molar-refractivity contribution in [2.24, 2.45) is 0 Å². The molecule has 2 heteroatoms. The Morgan fingerprint density at radius 3 is 2.75 bits per heavy atom. The Morgan fingerprint density at radius 1 is 1.42 bits per heavy atom. The number of aryl methyl sites for hydroxylation is 1. The summed E-state index contributed by atoms with van der Waals surface area (Å²) in [5, 5.41) is 0. The van der Waals surface area contributed by atoms with Crippen LogP contribution in [0.5, 0.6) is 0 Å². The zero-order chi connectivity index (χ0) is 8.97. The van der Waals surface area contributed by atoms with Gasteiger partial charge in [0.2, 0.25) is 0 Å². The molecule has 1 rings (SSSR count). The average Bonchev–Trinajstić information content (AvgIpc) is 2.08. The van der Waals surface area contributed by atoms with Gasteiger partial charge in [0, 0.05) is 10.9 Å². The predicted octanol–water partition coefficient (Wildman–Crippen LogP) is 2.75. The highest BCUT2D eigenvalue weighted by Crippen LogP contribution is 2.17. The van der Waals surface area contributed by atoms with Crippen molar-refractivity contribution in [1.82, 2.24) is 0 Å². The topological polar surface area (TPSA) is 17.1 Å². The Hall–Kier alpha value is -0.630. The van der Waals surface area contributed by atoms with Crippen LogP contribution in [0.4, 0.5) is 0 Å². The second-order valence-electron chi connectivity index (χ2n) is 2.64. The standard InChI is InChI=1S/C10H11BrO/c1-2-8-7-10(11)4-3-9(8)5-6-12/h3-4,6-7H,2,5H2,1H3. The van der Waals surface area contributed by atoms with E-state index in [1.807, 2.05) is 12.1 Å². The van der Waals surface area contributed by atoms with Gasteiger partial charge in [-0.3, -0.25) is 0 Å². The number of halogens is 1. The second-order valence-corrected chi connectivity index (χ2v) is 3.55. The van der Waals surface area contributed by atoms with Crippen LogP contribution >= 0.6 is 15.9 Å². The van der Waals surface area contributed by atoms with Gasteiger partial charge in [0.05, 0.1) is 0 Å². The first-order chi connectivity index (χ1) is 5.77. The molecule has 12 heavy (non-hydrogen) atoms. The fourth-order valence-electron chi connectivity index (χ4n) is 1.21. The zero-order valence-electron chi connectivity index (χ0n) is 7.01. The molecule has 0 heterocycles. The van der Waals surface area contributed by atoms with E-state index in [9.17, 15) is 4.79 Å². The summed E-state index contributed by atoms with van der Waals surface area (Å²) in [6, 6.07) is 6.04. The Labute approximate surface area is 80.9 Å². The number of aldehydes is 1. The Kier molecular flexibility index (Phi) is 3.48. The van der Waals surface area contributed by atoms with Crippen molar-refractivity contribution in [3.8, 4) is 0 Å². The van der Waals surface area contributed by atoms with Crippen LogP contribution in [0.2, 0.25) is 0 Å². The monoisotopic (exact) mass is 226 g/mol. The SMILES string of the molecule is CCc1cc(Br)ccc1CC=O. The summed E-state index contributed by atoms with van der Waals surface area (Å²) in [6.07, 6.45) is 2.45. The molecule has 0 aliphatic carbocycles. The fraction of sp³-hybridized carbons (Fsp3) is 0.300. The molecule has 0 saturated carbocycles. The highest BCUT2D eigenvalue weighted by atomic mass is 79.9. The lowest BCUT2D eigenvalue weighted by Crippen LogP contribution is -1.93. The summed E-state index contributed by atoms with van der Waals surface area (Å²) < 4.78 is 1.08. The maximum Gasteiger partial charge on any atom is 0.124 e. The third-order valence-corrected chi connectivity index (χ3v) is 2.35. The molecular formula is C10H11BrO. The van der Waals surface area contributed by atoms with Crippen LogP contribution in [0.3, 0.4) is 0 Å². The molecular weight excluding hydrogens is 216 g/mol. The molecule has 0 radical (unpaired) electrons. The molecule has 64 valence electrons. The van der Waals surface area contributed by atoms with Gasteiger partial charge in [0.25, 0.3) is 0 Å². The van der Waals surface area contributed by atoms with E-state index in [0.717, 1.165) is 22.7 Å². The molecule has 0 bridgehead atoms. The smallest absolute Gasteiger partial charge is 0.124 e. The van der Waals surface area contributed by atoms with Gasteiger partial charge in [0.1, 0.15) is 6.29 Å². The largest absolute Gasteiger partial charge is 0.303 e. The van der Waals surface area contributed by atoms with Gasteiger partial charge >= 0.3 is 0 Å². The molecule has 0 unspecified atom stereocenters. The summed E-state index contributed by atoms with van der Waals surface area (Å²) >= 11 is 3.40. The number of carbonyl (C=O) groups excluding carboxylic acids is 1. The van der Waals surface area contributed by atoms with E-state index in [-0.39, 0.29) is 0 Å². The highest BCUT2D eigenvalue weighted by molar-refractivity contribution is 9.10. The Bertz CT molecular complexity index is 281. The van der Waals surface area contributed by atoms with Crippen LogP contribution in [-0.2, 0) is 17.6 Å². The average molecular weight is 227 g/mol. The van der Waals surface area contributed by atoms with Crippen molar-refractivity contribution in [2.45, 2.75) is 19.8 Å². The molecule has 0 atom stereocenters. The highest BCUT2D eigenvalue weighted by Gasteiger charge is 1.99. The predicted molar refractivity (Wildman–Crippen MR) is 53.3 cm³/mol. The van der Waals surface area contributed by atoms with Gasteiger partial charge in [-0.1, -0.05) is 28.9 Å². The molecule has 0 N–H and O–H groups in total. The van der Waals surface area contributed by atoms with Crippen molar-refractivity contribution in [3.05, 3.63) is 33.8 Å². The maximum absolute atomic E-state index is 10.3. The molecule has 0 amide bonds. The Balaban J connectivity index is 3.01. The van der Waals surface area contributed by atoms with Crippen molar-refractivity contribution < 1.29 is 4.79 Å². The van der Waals surface area contributed by atoms with E-state index in [4.69, 9.17) is 0 Å². The second kappa shape index (κ2) is 4.41. The van der Waals surface area contributed by atoms with Gasteiger partial charge in [-0.2, -0.15) is 0 Å². The van der Waals surface area contributed by atoms with E-state index in [2.05, 4.69) is 28.9 Å². The molecule has 0 aliphatic rings. The van der Waals surface area contributed by atoms with E-state index in [0.29, 0.717) is 6.42 Å². The van der Waals surface area contributed by atoms with Crippen molar-refractivity contribution in [2.75, 3.05) is 0 Å². The van der Waals surface area contributed by atoms with E-state index in [1.54, 1.807) is 0 Å². The number of benzene rings is 1. The van der Waals surface area contributed by atoms with Gasteiger partial charge in [-0.15, -0.1) is 0 Å². The van der Waals surface area contributed by atoms with E-state index < -0.39 is 0 Å². The molecule has 1 nitrogen and oxygen atoms in total. The van der Waals surface area contributed by atoms with Gasteiger partial charge in [-0.25, -0.2) is 0 Å². The number of hydrogen-bond acceptors (Lipinski definition) is 1. The molecule has 0 spiro atoms. The van der Waals surface area contributed by atoms with Gasteiger partial charge in [0.15, 0.2) is 0 Å². The summed E-state index contributed by atoms with van der Waals surface area (Å²) in [4.78, 5) is 10.3. The number of hydrogen-bond donors (Lipinski definition) is 0. The molecule has 0 aliphatic heterocycles. The molecule has 0 saturated heterocycles. The molecule has 0 aromatic heterocycles. The minimum absolute atomic E-state index is 0.524. The lowest BCUT2D eigenvalue weighted by atomic mass is 10.0. The third kappa shape index (κ3) is 2.18. The normalized spacial score (nSPS) is 9.83. The zero-order valence-corrected chi connectivity index (χ0v) is 8.60. The van der Waals surface area contributed by atoms with Crippen LogP contribution in [0, 0.1) is 0 Å². The van der Waals surface area contributed by atoms with Gasteiger partial charge in [-0.05, 0) is 29.7 Å². The van der Waals surface area contributed by atoms with E-state index in [1.165, 1.54) is 5.56 Å². The van der Waals surface area contributed by atoms with Crippen molar-refractivity contribution in [1.29, 1.82) is 0 Å². The molecule has 1 aromatic carbocycles. The lowest BCUT2D eigenvalue weighted by Gasteiger charge is -2.04. The third-order valence-electron chi connectivity index (χ3n) is 1.85. The van der Waals surface area contributed by atoms with Crippen LogP contribution in [0.25, 0.3) is 0 Å². The quantitative estimate of drug-likeness (QED) is 0.725. The van der Waals surface area contributed by atoms with Crippen molar-refractivity contribution >= 4 is 22.2 Å². The van der Waals surface area contributed by atoms with Crippen LogP contribution in [0.1, 0.15) is 18.1 Å². The first-order valence-electron chi connectivity index (χ1n) is 3.99. The number of carbonyl (C=O) groups is 1. The van der Waals surface area contributed by atoms with Crippen LogP contribution in [-0.4, -0.2) is 6.29 Å². The van der Waals surface area contributed by atoms with Crippen LogP contribution in [0.15, 0.2) is 22.7 Å². The fourth-order valence-corrected chi connectivity index (χ4v) is 1.62.